The Bertz CT molecular complexity index is 1360. The van der Waals surface area contributed by atoms with Crippen LogP contribution in [0, 0.1) is 12.8 Å². The number of amides is 1. The molecule has 5 rings (SSSR count). The second-order valence-electron chi connectivity index (χ2n) is 9.95. The summed E-state index contributed by atoms with van der Waals surface area (Å²) in [7, 11) is 0. The van der Waals surface area contributed by atoms with Gasteiger partial charge in [0.1, 0.15) is 0 Å². The van der Waals surface area contributed by atoms with Crippen molar-refractivity contribution in [3.8, 4) is 0 Å². The number of carbonyl (C=O) groups excluding carboxylic acids is 1. The van der Waals surface area contributed by atoms with E-state index < -0.39 is 11.2 Å². The van der Waals surface area contributed by atoms with E-state index in [0.29, 0.717) is 30.8 Å². The number of aromatic amines is 1. The SMILES string of the molecule is Cc1cccc(N2CCN(C(=O)c3cc(C4CC4)nc4c3c(=O)[nH]c(=O)n4CC(C)C)CC2)c1. The molecule has 3 heterocycles. The molecule has 1 N–H and O–H groups in total. The summed E-state index contributed by atoms with van der Waals surface area (Å²) in [5.74, 6) is 0.307. The molecular formula is C26H31N5O3. The lowest BCUT2D eigenvalue weighted by Gasteiger charge is -2.36. The number of carbonyl (C=O) groups is 1. The van der Waals surface area contributed by atoms with Crippen LogP contribution in [-0.2, 0) is 6.54 Å². The van der Waals surface area contributed by atoms with Crippen molar-refractivity contribution in [2.75, 3.05) is 31.1 Å². The smallest absolute Gasteiger partial charge is 0.330 e. The van der Waals surface area contributed by atoms with Gasteiger partial charge in [0.15, 0.2) is 5.65 Å². The molecule has 0 radical (unpaired) electrons. The van der Waals surface area contributed by atoms with E-state index in [9.17, 15) is 14.4 Å². The van der Waals surface area contributed by atoms with Crippen LogP contribution in [0.4, 0.5) is 5.69 Å². The average molecular weight is 462 g/mol. The van der Waals surface area contributed by atoms with Crippen molar-refractivity contribution in [2.45, 2.75) is 46.1 Å². The summed E-state index contributed by atoms with van der Waals surface area (Å²) < 4.78 is 1.51. The highest BCUT2D eigenvalue weighted by Gasteiger charge is 2.31. The molecule has 1 saturated carbocycles. The fourth-order valence-corrected chi connectivity index (χ4v) is 4.75. The summed E-state index contributed by atoms with van der Waals surface area (Å²) in [4.78, 5) is 50.5. The van der Waals surface area contributed by atoms with Gasteiger partial charge in [-0.1, -0.05) is 26.0 Å². The topological polar surface area (TPSA) is 91.3 Å². The minimum Gasteiger partial charge on any atom is -0.368 e. The first-order chi connectivity index (χ1) is 16.3. The summed E-state index contributed by atoms with van der Waals surface area (Å²) in [6.07, 6.45) is 2.03. The number of piperazine rings is 1. The molecule has 2 fully saturated rings. The van der Waals surface area contributed by atoms with Crippen LogP contribution in [0.25, 0.3) is 11.0 Å². The number of hydrogen-bond donors (Lipinski definition) is 1. The molecule has 0 bridgehead atoms. The molecule has 2 aromatic heterocycles. The summed E-state index contributed by atoms with van der Waals surface area (Å²) in [6.45, 7) is 9.10. The summed E-state index contributed by atoms with van der Waals surface area (Å²) >= 11 is 0. The molecule has 1 aliphatic carbocycles. The quantitative estimate of drug-likeness (QED) is 0.631. The third-order valence-corrected chi connectivity index (χ3v) is 6.68. The van der Waals surface area contributed by atoms with Crippen LogP contribution < -0.4 is 16.1 Å². The Hall–Kier alpha value is -3.42. The van der Waals surface area contributed by atoms with Gasteiger partial charge in [-0.05, 0) is 49.4 Å². The Morgan fingerprint density at radius 1 is 1.12 bits per heavy atom. The van der Waals surface area contributed by atoms with Gasteiger partial charge in [-0.2, -0.15) is 0 Å². The van der Waals surface area contributed by atoms with Crippen molar-refractivity contribution in [1.82, 2.24) is 19.4 Å². The maximum absolute atomic E-state index is 13.7. The molecule has 0 unspecified atom stereocenters. The van der Waals surface area contributed by atoms with Gasteiger partial charge in [0, 0.05) is 50.0 Å². The lowest BCUT2D eigenvalue weighted by atomic mass is 10.1. The second kappa shape index (κ2) is 8.74. The third kappa shape index (κ3) is 4.24. The van der Waals surface area contributed by atoms with E-state index in [4.69, 9.17) is 4.98 Å². The molecule has 1 amide bonds. The number of anilines is 1. The number of nitrogens with one attached hydrogen (secondary N) is 1. The molecule has 0 atom stereocenters. The number of fused-ring (bicyclic) bond motifs is 1. The van der Waals surface area contributed by atoms with Crippen LogP contribution in [-0.4, -0.2) is 51.5 Å². The van der Waals surface area contributed by atoms with Crippen LogP contribution in [0.2, 0.25) is 0 Å². The van der Waals surface area contributed by atoms with E-state index in [-0.39, 0.29) is 23.1 Å². The molecule has 2 aliphatic rings. The third-order valence-electron chi connectivity index (χ3n) is 6.68. The highest BCUT2D eigenvalue weighted by Crippen LogP contribution is 2.40. The molecule has 3 aromatic rings. The Morgan fingerprint density at radius 3 is 2.50 bits per heavy atom. The zero-order valence-electron chi connectivity index (χ0n) is 20.0. The van der Waals surface area contributed by atoms with Gasteiger partial charge in [0.25, 0.3) is 11.5 Å². The number of hydrogen-bond acceptors (Lipinski definition) is 5. The van der Waals surface area contributed by atoms with Crippen LogP contribution in [0.1, 0.15) is 54.2 Å². The number of benzene rings is 1. The predicted molar refractivity (Wildman–Crippen MR) is 133 cm³/mol. The minimum absolute atomic E-state index is 0.168. The van der Waals surface area contributed by atoms with E-state index in [1.807, 2.05) is 24.8 Å². The predicted octanol–water partition coefficient (Wildman–Crippen LogP) is 2.89. The lowest BCUT2D eigenvalue weighted by Crippen LogP contribution is -2.49. The normalized spacial score (nSPS) is 16.5. The highest BCUT2D eigenvalue weighted by molar-refractivity contribution is 6.05. The second-order valence-corrected chi connectivity index (χ2v) is 9.95. The first kappa shape index (κ1) is 22.4. The van der Waals surface area contributed by atoms with E-state index in [0.717, 1.165) is 37.3 Å². The number of nitrogens with zero attached hydrogens (tertiary/aromatic N) is 4. The zero-order valence-corrected chi connectivity index (χ0v) is 20.0. The molecule has 8 nitrogen and oxygen atoms in total. The van der Waals surface area contributed by atoms with Crippen molar-refractivity contribution in [1.29, 1.82) is 0 Å². The van der Waals surface area contributed by atoms with E-state index in [2.05, 4.69) is 35.0 Å². The van der Waals surface area contributed by atoms with Crippen LogP contribution in [0.5, 0.6) is 0 Å². The fraction of sp³-hybridized carbons (Fsp3) is 0.462. The van der Waals surface area contributed by atoms with Gasteiger partial charge >= 0.3 is 5.69 Å². The molecule has 34 heavy (non-hydrogen) atoms. The van der Waals surface area contributed by atoms with E-state index in [1.54, 1.807) is 6.07 Å². The Labute approximate surface area is 198 Å². The number of pyridine rings is 1. The Kier molecular flexibility index (Phi) is 5.75. The maximum Gasteiger partial charge on any atom is 0.330 e. The summed E-state index contributed by atoms with van der Waals surface area (Å²) in [5.41, 5.74) is 2.83. The van der Waals surface area contributed by atoms with Crippen LogP contribution in [0.15, 0.2) is 39.9 Å². The molecular weight excluding hydrogens is 430 g/mol. The first-order valence-electron chi connectivity index (χ1n) is 12.1. The molecule has 8 heteroatoms. The molecule has 1 aromatic carbocycles. The number of aromatic nitrogens is 3. The van der Waals surface area contributed by atoms with Gasteiger partial charge in [-0.3, -0.25) is 19.1 Å². The van der Waals surface area contributed by atoms with Gasteiger partial charge in [0.05, 0.1) is 10.9 Å². The van der Waals surface area contributed by atoms with Gasteiger partial charge in [-0.25, -0.2) is 9.78 Å². The summed E-state index contributed by atoms with van der Waals surface area (Å²) in [6, 6.07) is 10.2. The highest BCUT2D eigenvalue weighted by atomic mass is 16.2. The largest absolute Gasteiger partial charge is 0.368 e. The van der Waals surface area contributed by atoms with Crippen molar-refractivity contribution in [3.05, 3.63) is 68.0 Å². The van der Waals surface area contributed by atoms with Crippen molar-refractivity contribution in [3.63, 3.8) is 0 Å². The average Bonchev–Trinajstić information content (AvgIpc) is 3.66. The van der Waals surface area contributed by atoms with E-state index >= 15 is 0 Å². The van der Waals surface area contributed by atoms with Crippen molar-refractivity contribution in [2.24, 2.45) is 5.92 Å². The first-order valence-corrected chi connectivity index (χ1v) is 12.1. The summed E-state index contributed by atoms with van der Waals surface area (Å²) in [5, 5.41) is 0.218. The molecule has 0 spiro atoms. The molecule has 1 aliphatic heterocycles. The molecule has 178 valence electrons. The van der Waals surface area contributed by atoms with Crippen molar-refractivity contribution < 1.29 is 4.79 Å². The van der Waals surface area contributed by atoms with Crippen LogP contribution >= 0.6 is 0 Å². The standard InChI is InChI=1S/C26H31N5O3/c1-16(2)15-31-23-22(24(32)28-26(31)34)20(14-21(27-23)18-7-8-18)25(33)30-11-9-29(10-12-30)19-6-4-5-17(3)13-19/h4-6,13-14,16,18H,7-12,15H2,1-3H3,(H,28,32,34). The van der Waals surface area contributed by atoms with Gasteiger partial charge in [0.2, 0.25) is 0 Å². The van der Waals surface area contributed by atoms with Gasteiger partial charge < -0.3 is 9.80 Å². The maximum atomic E-state index is 13.7. The Morgan fingerprint density at radius 2 is 1.85 bits per heavy atom. The molecule has 1 saturated heterocycles. The van der Waals surface area contributed by atoms with Crippen molar-refractivity contribution >= 4 is 22.6 Å². The fourth-order valence-electron chi connectivity index (χ4n) is 4.75. The Balaban J connectivity index is 1.51. The number of rotatable bonds is 5. The van der Waals surface area contributed by atoms with E-state index in [1.165, 1.54) is 10.1 Å². The minimum atomic E-state index is -0.545. The number of aryl methyl sites for hydroxylation is 1. The van der Waals surface area contributed by atoms with Gasteiger partial charge in [-0.15, -0.1) is 0 Å². The van der Waals surface area contributed by atoms with Crippen LogP contribution in [0.3, 0.4) is 0 Å². The lowest BCUT2D eigenvalue weighted by molar-refractivity contribution is 0.0748. The number of H-pyrrole nitrogens is 1. The zero-order chi connectivity index (χ0) is 24.0. The monoisotopic (exact) mass is 461 g/mol.